The zero-order valence-electron chi connectivity index (χ0n) is 10.3. The molecule has 0 saturated carbocycles. The number of carbonyl (C=O) groups excluding carboxylic acids is 1. The third-order valence-corrected chi connectivity index (χ3v) is 3.81. The van der Waals surface area contributed by atoms with Crippen LogP contribution in [-0.2, 0) is 4.79 Å². The van der Waals surface area contributed by atoms with Crippen LogP contribution in [0.4, 0.5) is 5.69 Å². The Bertz CT molecular complexity index is 519. The lowest BCUT2D eigenvalue weighted by molar-refractivity contribution is -0.137. The van der Waals surface area contributed by atoms with Gasteiger partial charge in [0.2, 0.25) is 0 Å². The SMILES string of the molecule is NC(=O)c1cc(Br)ccc1N1CCCC1CC(=O)O. The number of nitrogens with two attached hydrogens (primary N) is 1. The number of hydrogen-bond acceptors (Lipinski definition) is 3. The monoisotopic (exact) mass is 326 g/mol. The van der Waals surface area contributed by atoms with E-state index in [0.717, 1.165) is 29.5 Å². The second kappa shape index (κ2) is 5.61. The molecule has 0 radical (unpaired) electrons. The van der Waals surface area contributed by atoms with Crippen molar-refractivity contribution < 1.29 is 14.7 Å². The molecule has 19 heavy (non-hydrogen) atoms. The molecule has 5 nitrogen and oxygen atoms in total. The Morgan fingerprint density at radius 3 is 2.84 bits per heavy atom. The van der Waals surface area contributed by atoms with E-state index in [4.69, 9.17) is 10.8 Å². The maximum Gasteiger partial charge on any atom is 0.305 e. The predicted molar refractivity (Wildman–Crippen MR) is 75.3 cm³/mol. The van der Waals surface area contributed by atoms with Gasteiger partial charge < -0.3 is 15.7 Å². The minimum Gasteiger partial charge on any atom is -0.481 e. The average Bonchev–Trinajstić information content (AvgIpc) is 2.76. The summed E-state index contributed by atoms with van der Waals surface area (Å²) in [6.45, 7) is 0.750. The first-order chi connectivity index (χ1) is 8.99. The number of aliphatic carboxylic acids is 1. The third kappa shape index (κ3) is 3.07. The minimum atomic E-state index is -0.824. The molecule has 2 rings (SSSR count). The number of carbonyl (C=O) groups is 2. The van der Waals surface area contributed by atoms with Gasteiger partial charge in [-0.15, -0.1) is 0 Å². The summed E-state index contributed by atoms with van der Waals surface area (Å²) in [6, 6.07) is 5.24. The molecule has 102 valence electrons. The van der Waals surface area contributed by atoms with E-state index in [2.05, 4.69) is 15.9 Å². The number of halogens is 1. The molecular formula is C13H15BrN2O3. The molecule has 0 aliphatic carbocycles. The van der Waals surface area contributed by atoms with Crippen LogP contribution in [0.25, 0.3) is 0 Å². The van der Waals surface area contributed by atoms with Crippen LogP contribution in [0.15, 0.2) is 22.7 Å². The van der Waals surface area contributed by atoms with Gasteiger partial charge in [-0.1, -0.05) is 15.9 Å². The summed E-state index contributed by atoms with van der Waals surface area (Å²) in [5, 5.41) is 8.94. The van der Waals surface area contributed by atoms with E-state index in [1.165, 1.54) is 0 Å². The quantitative estimate of drug-likeness (QED) is 0.886. The molecule has 1 atom stereocenters. The van der Waals surface area contributed by atoms with E-state index in [0.29, 0.717) is 5.56 Å². The number of primary amides is 1. The summed E-state index contributed by atoms with van der Waals surface area (Å²) < 4.78 is 0.777. The van der Waals surface area contributed by atoms with Gasteiger partial charge >= 0.3 is 5.97 Å². The summed E-state index contributed by atoms with van der Waals surface area (Å²) in [7, 11) is 0. The molecular weight excluding hydrogens is 312 g/mol. The van der Waals surface area contributed by atoms with Gasteiger partial charge in [0, 0.05) is 22.7 Å². The van der Waals surface area contributed by atoms with Gasteiger partial charge in [0.1, 0.15) is 0 Å². The van der Waals surface area contributed by atoms with Crippen LogP contribution < -0.4 is 10.6 Å². The second-order valence-electron chi connectivity index (χ2n) is 4.61. The van der Waals surface area contributed by atoms with E-state index in [1.54, 1.807) is 6.07 Å². The van der Waals surface area contributed by atoms with Gasteiger partial charge in [0.15, 0.2) is 0 Å². The highest BCUT2D eigenvalue weighted by Gasteiger charge is 2.29. The predicted octanol–water partition coefficient (Wildman–Crippen LogP) is 1.99. The van der Waals surface area contributed by atoms with Crippen LogP contribution in [0.1, 0.15) is 29.6 Å². The van der Waals surface area contributed by atoms with Crippen molar-refractivity contribution in [3.8, 4) is 0 Å². The highest BCUT2D eigenvalue weighted by Crippen LogP contribution is 2.31. The van der Waals surface area contributed by atoms with Crippen LogP contribution in [0, 0.1) is 0 Å². The summed E-state index contributed by atoms with van der Waals surface area (Å²) in [4.78, 5) is 24.4. The highest BCUT2D eigenvalue weighted by atomic mass is 79.9. The zero-order chi connectivity index (χ0) is 14.0. The van der Waals surface area contributed by atoms with Crippen molar-refractivity contribution in [3.63, 3.8) is 0 Å². The largest absolute Gasteiger partial charge is 0.481 e. The first kappa shape index (κ1) is 13.9. The van der Waals surface area contributed by atoms with Gasteiger partial charge in [0.25, 0.3) is 5.91 Å². The van der Waals surface area contributed by atoms with Crippen LogP contribution in [0.3, 0.4) is 0 Å². The number of amides is 1. The summed E-state index contributed by atoms with van der Waals surface area (Å²) in [5.41, 5.74) is 6.54. The van der Waals surface area contributed by atoms with Crippen molar-refractivity contribution in [2.24, 2.45) is 5.73 Å². The molecule has 0 aromatic heterocycles. The fourth-order valence-electron chi connectivity index (χ4n) is 2.52. The molecule has 1 amide bonds. The molecule has 1 aliphatic rings. The van der Waals surface area contributed by atoms with Gasteiger partial charge in [-0.25, -0.2) is 0 Å². The molecule has 0 bridgehead atoms. The topological polar surface area (TPSA) is 83.6 Å². The molecule has 1 aromatic rings. The zero-order valence-corrected chi connectivity index (χ0v) is 11.9. The van der Waals surface area contributed by atoms with E-state index in [1.807, 2.05) is 17.0 Å². The standard InChI is InChI=1S/C13H15BrN2O3/c14-8-3-4-11(10(6-8)13(15)19)16-5-1-2-9(16)7-12(17)18/h3-4,6,9H,1-2,5,7H2,(H2,15,19)(H,17,18). The number of hydrogen-bond donors (Lipinski definition) is 2. The Balaban J connectivity index is 2.35. The van der Waals surface area contributed by atoms with Crippen molar-refractivity contribution in [3.05, 3.63) is 28.2 Å². The van der Waals surface area contributed by atoms with E-state index in [-0.39, 0.29) is 12.5 Å². The van der Waals surface area contributed by atoms with Crippen molar-refractivity contribution in [1.29, 1.82) is 0 Å². The molecule has 1 aliphatic heterocycles. The van der Waals surface area contributed by atoms with Crippen molar-refractivity contribution in [2.45, 2.75) is 25.3 Å². The maximum atomic E-state index is 11.5. The van der Waals surface area contributed by atoms with Crippen molar-refractivity contribution in [1.82, 2.24) is 0 Å². The van der Waals surface area contributed by atoms with E-state index >= 15 is 0 Å². The third-order valence-electron chi connectivity index (χ3n) is 3.32. The Hall–Kier alpha value is -1.56. The average molecular weight is 327 g/mol. The lowest BCUT2D eigenvalue weighted by Gasteiger charge is -2.27. The molecule has 6 heteroatoms. The minimum absolute atomic E-state index is 0.0724. The Morgan fingerprint density at radius 1 is 1.47 bits per heavy atom. The Kier molecular flexibility index (Phi) is 4.09. The molecule has 1 heterocycles. The van der Waals surface area contributed by atoms with Crippen molar-refractivity contribution >= 4 is 33.5 Å². The van der Waals surface area contributed by atoms with E-state index < -0.39 is 11.9 Å². The van der Waals surface area contributed by atoms with Crippen LogP contribution in [0.2, 0.25) is 0 Å². The lowest BCUT2D eigenvalue weighted by atomic mass is 10.1. The lowest BCUT2D eigenvalue weighted by Crippen LogP contribution is -2.33. The normalized spacial score (nSPS) is 18.6. The van der Waals surface area contributed by atoms with Gasteiger partial charge in [-0.2, -0.15) is 0 Å². The summed E-state index contributed by atoms with van der Waals surface area (Å²) in [6.07, 6.45) is 1.82. The first-order valence-corrected chi connectivity index (χ1v) is 6.86. The van der Waals surface area contributed by atoms with Crippen molar-refractivity contribution in [2.75, 3.05) is 11.4 Å². The fourth-order valence-corrected chi connectivity index (χ4v) is 2.88. The molecule has 1 fully saturated rings. The van der Waals surface area contributed by atoms with Crippen LogP contribution in [0.5, 0.6) is 0 Å². The van der Waals surface area contributed by atoms with Gasteiger partial charge in [-0.05, 0) is 31.0 Å². The number of benzene rings is 1. The van der Waals surface area contributed by atoms with Crippen LogP contribution in [-0.4, -0.2) is 29.6 Å². The van der Waals surface area contributed by atoms with Gasteiger partial charge in [0.05, 0.1) is 12.0 Å². The number of anilines is 1. The second-order valence-corrected chi connectivity index (χ2v) is 5.53. The molecule has 0 spiro atoms. The smallest absolute Gasteiger partial charge is 0.305 e. The van der Waals surface area contributed by atoms with Gasteiger partial charge in [-0.3, -0.25) is 9.59 Å². The molecule has 1 unspecified atom stereocenters. The number of carboxylic acid groups (broad SMARTS) is 1. The number of nitrogens with zero attached hydrogens (tertiary/aromatic N) is 1. The Morgan fingerprint density at radius 2 is 2.21 bits per heavy atom. The Labute approximate surface area is 119 Å². The molecule has 3 N–H and O–H groups in total. The highest BCUT2D eigenvalue weighted by molar-refractivity contribution is 9.10. The first-order valence-electron chi connectivity index (χ1n) is 6.07. The summed E-state index contributed by atoms with van der Waals surface area (Å²) >= 11 is 3.31. The summed E-state index contributed by atoms with van der Waals surface area (Å²) in [5.74, 6) is -1.33. The number of rotatable bonds is 4. The molecule has 1 aromatic carbocycles. The van der Waals surface area contributed by atoms with Crippen LogP contribution >= 0.6 is 15.9 Å². The fraction of sp³-hybridized carbons (Fsp3) is 0.385. The maximum absolute atomic E-state index is 11.5. The number of carboxylic acids is 1. The molecule has 1 saturated heterocycles. The van der Waals surface area contributed by atoms with E-state index in [9.17, 15) is 9.59 Å².